The third-order valence-electron chi connectivity index (χ3n) is 2.64. The average Bonchev–Trinajstić information content (AvgIpc) is 2.40. The molecule has 1 amide bonds. The number of carboxylic acids is 1. The van der Waals surface area contributed by atoms with Gasteiger partial charge in [-0.1, -0.05) is 28.1 Å². The summed E-state index contributed by atoms with van der Waals surface area (Å²) in [6.45, 7) is 5.37. The summed E-state index contributed by atoms with van der Waals surface area (Å²) in [6.07, 6.45) is 1.51. The molecule has 1 rings (SSSR count). The SMILES string of the molecule is C=CCOCC(NC(=O)c1cccc(Br)c1C)C(=O)O. The van der Waals surface area contributed by atoms with Crippen LogP contribution < -0.4 is 5.32 Å². The van der Waals surface area contributed by atoms with Crippen molar-refractivity contribution >= 4 is 27.8 Å². The standard InChI is InChI=1S/C14H16BrNO4/c1-3-7-20-8-12(14(18)19)16-13(17)10-5-4-6-11(15)9(10)2/h3-6,12H,1,7-8H2,2H3,(H,16,17)(H,18,19). The Kier molecular flexibility index (Phi) is 6.41. The van der Waals surface area contributed by atoms with Crippen molar-refractivity contribution in [3.63, 3.8) is 0 Å². The lowest BCUT2D eigenvalue weighted by atomic mass is 10.1. The number of halogens is 1. The second kappa shape index (κ2) is 7.81. The van der Waals surface area contributed by atoms with Crippen LogP contribution in [0.2, 0.25) is 0 Å². The summed E-state index contributed by atoms with van der Waals surface area (Å²) in [6, 6.07) is 4.07. The van der Waals surface area contributed by atoms with Gasteiger partial charge < -0.3 is 15.2 Å². The molecule has 0 spiro atoms. The lowest BCUT2D eigenvalue weighted by Gasteiger charge is -2.15. The van der Waals surface area contributed by atoms with E-state index in [2.05, 4.69) is 27.8 Å². The van der Waals surface area contributed by atoms with Gasteiger partial charge in [0.1, 0.15) is 0 Å². The molecule has 6 heteroatoms. The number of rotatable bonds is 7. The Labute approximate surface area is 125 Å². The normalized spacial score (nSPS) is 11.7. The van der Waals surface area contributed by atoms with E-state index in [-0.39, 0.29) is 13.2 Å². The van der Waals surface area contributed by atoms with E-state index >= 15 is 0 Å². The van der Waals surface area contributed by atoms with E-state index in [9.17, 15) is 9.59 Å². The van der Waals surface area contributed by atoms with E-state index in [0.29, 0.717) is 5.56 Å². The van der Waals surface area contributed by atoms with Crippen LogP contribution in [0.1, 0.15) is 15.9 Å². The Balaban J connectivity index is 2.77. The van der Waals surface area contributed by atoms with Gasteiger partial charge in [-0.15, -0.1) is 6.58 Å². The number of hydrogen-bond donors (Lipinski definition) is 2. The third kappa shape index (κ3) is 4.47. The van der Waals surface area contributed by atoms with Gasteiger partial charge in [0.15, 0.2) is 6.04 Å². The summed E-state index contributed by atoms with van der Waals surface area (Å²) in [5, 5.41) is 11.5. The molecule has 0 aromatic heterocycles. The molecule has 1 atom stereocenters. The third-order valence-corrected chi connectivity index (χ3v) is 3.50. The van der Waals surface area contributed by atoms with Crippen molar-refractivity contribution < 1.29 is 19.4 Å². The number of benzene rings is 1. The van der Waals surface area contributed by atoms with E-state index in [4.69, 9.17) is 9.84 Å². The summed E-state index contributed by atoms with van der Waals surface area (Å²) >= 11 is 3.33. The first-order valence-electron chi connectivity index (χ1n) is 5.94. The van der Waals surface area contributed by atoms with E-state index in [0.717, 1.165) is 10.0 Å². The molecule has 0 aliphatic carbocycles. The van der Waals surface area contributed by atoms with Crippen LogP contribution in [0, 0.1) is 6.92 Å². The molecular formula is C14H16BrNO4. The van der Waals surface area contributed by atoms with Crippen LogP contribution in [0.4, 0.5) is 0 Å². The van der Waals surface area contributed by atoms with Crippen LogP contribution in [0.25, 0.3) is 0 Å². The van der Waals surface area contributed by atoms with Crippen LogP contribution in [0.5, 0.6) is 0 Å². The number of aliphatic carboxylic acids is 1. The van der Waals surface area contributed by atoms with Crippen molar-refractivity contribution in [3.05, 3.63) is 46.5 Å². The first-order valence-corrected chi connectivity index (χ1v) is 6.74. The molecule has 0 saturated carbocycles. The number of amides is 1. The first-order chi connectivity index (χ1) is 9.47. The summed E-state index contributed by atoms with van der Waals surface area (Å²) in [5.74, 6) is -1.59. The molecule has 0 aliphatic heterocycles. The molecule has 0 bridgehead atoms. The van der Waals surface area contributed by atoms with Crippen molar-refractivity contribution in [2.24, 2.45) is 0 Å². The molecule has 1 aromatic rings. The van der Waals surface area contributed by atoms with Gasteiger partial charge in [0.2, 0.25) is 0 Å². The Morgan fingerprint density at radius 1 is 1.55 bits per heavy atom. The van der Waals surface area contributed by atoms with Crippen molar-refractivity contribution in [1.29, 1.82) is 0 Å². The lowest BCUT2D eigenvalue weighted by Crippen LogP contribution is -2.44. The second-order valence-electron chi connectivity index (χ2n) is 4.10. The van der Waals surface area contributed by atoms with Gasteiger partial charge >= 0.3 is 5.97 Å². The van der Waals surface area contributed by atoms with Crippen molar-refractivity contribution in [1.82, 2.24) is 5.32 Å². The molecule has 108 valence electrons. The molecule has 5 nitrogen and oxygen atoms in total. The molecule has 2 N–H and O–H groups in total. The highest BCUT2D eigenvalue weighted by atomic mass is 79.9. The summed E-state index contributed by atoms with van der Waals surface area (Å²) in [7, 11) is 0. The first kappa shape index (κ1) is 16.4. The highest BCUT2D eigenvalue weighted by Gasteiger charge is 2.21. The Morgan fingerprint density at radius 3 is 2.85 bits per heavy atom. The quantitative estimate of drug-likeness (QED) is 0.588. The maximum absolute atomic E-state index is 12.1. The van der Waals surface area contributed by atoms with Gasteiger partial charge in [0.25, 0.3) is 5.91 Å². The smallest absolute Gasteiger partial charge is 0.328 e. The van der Waals surface area contributed by atoms with Gasteiger partial charge in [-0.05, 0) is 24.6 Å². The van der Waals surface area contributed by atoms with Crippen LogP contribution in [0.15, 0.2) is 35.3 Å². The van der Waals surface area contributed by atoms with Crippen LogP contribution >= 0.6 is 15.9 Å². The Bertz CT molecular complexity index is 516. The van der Waals surface area contributed by atoms with E-state index < -0.39 is 17.9 Å². The maximum Gasteiger partial charge on any atom is 0.328 e. The van der Waals surface area contributed by atoms with Crippen LogP contribution in [-0.2, 0) is 9.53 Å². The zero-order valence-electron chi connectivity index (χ0n) is 11.1. The van der Waals surface area contributed by atoms with Gasteiger partial charge in [-0.2, -0.15) is 0 Å². The lowest BCUT2D eigenvalue weighted by molar-refractivity contribution is -0.140. The van der Waals surface area contributed by atoms with E-state index in [1.807, 2.05) is 6.07 Å². The number of carbonyl (C=O) groups is 2. The second-order valence-corrected chi connectivity index (χ2v) is 4.96. The molecule has 1 unspecified atom stereocenters. The topological polar surface area (TPSA) is 75.6 Å². The fourth-order valence-electron chi connectivity index (χ4n) is 1.53. The average molecular weight is 342 g/mol. The highest BCUT2D eigenvalue weighted by molar-refractivity contribution is 9.10. The van der Waals surface area contributed by atoms with E-state index in [1.54, 1.807) is 19.1 Å². The predicted octanol–water partition coefficient (Wildman–Crippen LogP) is 2.14. The van der Waals surface area contributed by atoms with Crippen LogP contribution in [0.3, 0.4) is 0 Å². The molecule has 0 heterocycles. The molecule has 0 fully saturated rings. The largest absolute Gasteiger partial charge is 0.480 e. The number of carboxylic acid groups (broad SMARTS) is 1. The molecular weight excluding hydrogens is 326 g/mol. The predicted molar refractivity (Wildman–Crippen MR) is 78.8 cm³/mol. The zero-order valence-corrected chi connectivity index (χ0v) is 12.6. The summed E-state index contributed by atoms with van der Waals surface area (Å²) in [5.41, 5.74) is 1.18. The van der Waals surface area contributed by atoms with Crippen molar-refractivity contribution in [3.8, 4) is 0 Å². The zero-order chi connectivity index (χ0) is 15.1. The maximum atomic E-state index is 12.1. The fraction of sp³-hybridized carbons (Fsp3) is 0.286. The summed E-state index contributed by atoms with van der Waals surface area (Å²) < 4.78 is 5.87. The Morgan fingerprint density at radius 2 is 2.25 bits per heavy atom. The molecule has 0 radical (unpaired) electrons. The minimum absolute atomic E-state index is 0.111. The number of hydrogen-bond acceptors (Lipinski definition) is 3. The number of carbonyl (C=O) groups excluding carboxylic acids is 1. The Hall–Kier alpha value is -1.66. The van der Waals surface area contributed by atoms with Gasteiger partial charge in [-0.3, -0.25) is 4.79 Å². The van der Waals surface area contributed by atoms with Gasteiger partial charge in [-0.25, -0.2) is 4.79 Å². The minimum atomic E-state index is -1.14. The molecule has 1 aromatic carbocycles. The molecule has 0 saturated heterocycles. The van der Waals surface area contributed by atoms with E-state index in [1.165, 1.54) is 6.08 Å². The molecule has 20 heavy (non-hydrogen) atoms. The monoisotopic (exact) mass is 341 g/mol. The van der Waals surface area contributed by atoms with Crippen molar-refractivity contribution in [2.45, 2.75) is 13.0 Å². The van der Waals surface area contributed by atoms with Crippen molar-refractivity contribution in [2.75, 3.05) is 13.2 Å². The van der Waals surface area contributed by atoms with Gasteiger partial charge in [0, 0.05) is 10.0 Å². The van der Waals surface area contributed by atoms with Crippen LogP contribution in [-0.4, -0.2) is 36.2 Å². The fourth-order valence-corrected chi connectivity index (χ4v) is 1.90. The molecule has 0 aliphatic rings. The summed E-state index contributed by atoms with van der Waals surface area (Å²) in [4.78, 5) is 23.2. The minimum Gasteiger partial charge on any atom is -0.480 e. The number of nitrogens with one attached hydrogen (secondary N) is 1. The van der Waals surface area contributed by atoms with Gasteiger partial charge in [0.05, 0.1) is 13.2 Å². The number of ether oxygens (including phenoxy) is 1. The highest BCUT2D eigenvalue weighted by Crippen LogP contribution is 2.19.